The molecule has 0 aromatic carbocycles. The molecule has 0 saturated carbocycles. The van der Waals surface area contributed by atoms with Gasteiger partial charge in [0.25, 0.3) is 5.91 Å². The maximum atomic E-state index is 12.5. The molecule has 0 radical (unpaired) electrons. The summed E-state index contributed by atoms with van der Waals surface area (Å²) >= 11 is 4.89. The Bertz CT molecular complexity index is 625. The van der Waals surface area contributed by atoms with Crippen LogP contribution in [0.5, 0.6) is 0 Å². The van der Waals surface area contributed by atoms with Crippen LogP contribution in [0, 0.1) is 6.92 Å². The van der Waals surface area contributed by atoms with Gasteiger partial charge in [0.2, 0.25) is 0 Å². The van der Waals surface area contributed by atoms with E-state index in [1.54, 1.807) is 30.3 Å². The van der Waals surface area contributed by atoms with Gasteiger partial charge in [0.1, 0.15) is 12.0 Å². The van der Waals surface area contributed by atoms with Crippen LogP contribution in [0.15, 0.2) is 41.3 Å². The third-order valence-corrected chi connectivity index (χ3v) is 3.19. The van der Waals surface area contributed by atoms with Crippen molar-refractivity contribution in [3.63, 3.8) is 0 Å². The SMILES string of the molecule is Cc1cc(C(=O)N(CCC(N)=S)Cc2cccnc2)co1. The van der Waals surface area contributed by atoms with Crippen LogP contribution in [0.4, 0.5) is 0 Å². The Hall–Kier alpha value is -2.21. The number of nitrogens with zero attached hydrogens (tertiary/aromatic N) is 2. The summed E-state index contributed by atoms with van der Waals surface area (Å²) in [5.41, 5.74) is 7.02. The van der Waals surface area contributed by atoms with Gasteiger partial charge in [-0.1, -0.05) is 18.3 Å². The molecule has 2 aromatic rings. The van der Waals surface area contributed by atoms with Crippen LogP contribution >= 0.6 is 12.2 Å². The van der Waals surface area contributed by atoms with E-state index < -0.39 is 0 Å². The van der Waals surface area contributed by atoms with E-state index in [1.165, 1.54) is 6.26 Å². The molecule has 0 fully saturated rings. The van der Waals surface area contributed by atoms with Crippen molar-refractivity contribution in [2.45, 2.75) is 19.9 Å². The summed E-state index contributed by atoms with van der Waals surface area (Å²) in [4.78, 5) is 18.7. The number of hydrogen-bond acceptors (Lipinski definition) is 4. The molecule has 21 heavy (non-hydrogen) atoms. The number of pyridine rings is 1. The van der Waals surface area contributed by atoms with E-state index in [0.29, 0.717) is 35.8 Å². The van der Waals surface area contributed by atoms with Crippen molar-refractivity contribution in [3.8, 4) is 0 Å². The Morgan fingerprint density at radius 1 is 1.52 bits per heavy atom. The largest absolute Gasteiger partial charge is 0.469 e. The van der Waals surface area contributed by atoms with E-state index in [4.69, 9.17) is 22.4 Å². The molecule has 0 saturated heterocycles. The monoisotopic (exact) mass is 303 g/mol. The van der Waals surface area contributed by atoms with Gasteiger partial charge in [-0.05, 0) is 24.6 Å². The first kappa shape index (κ1) is 15.2. The lowest BCUT2D eigenvalue weighted by atomic mass is 10.2. The molecule has 0 aliphatic heterocycles. The zero-order valence-corrected chi connectivity index (χ0v) is 12.6. The molecule has 2 N–H and O–H groups in total. The van der Waals surface area contributed by atoms with Gasteiger partial charge in [-0.15, -0.1) is 0 Å². The average Bonchev–Trinajstić information content (AvgIpc) is 2.90. The summed E-state index contributed by atoms with van der Waals surface area (Å²) in [5.74, 6) is 0.598. The molecular formula is C15H17N3O2S. The molecule has 0 aliphatic rings. The predicted molar refractivity (Wildman–Crippen MR) is 83.8 cm³/mol. The highest BCUT2D eigenvalue weighted by Gasteiger charge is 2.18. The van der Waals surface area contributed by atoms with Crippen molar-refractivity contribution >= 4 is 23.1 Å². The maximum Gasteiger partial charge on any atom is 0.257 e. The molecule has 0 spiro atoms. The average molecular weight is 303 g/mol. The Labute approximate surface area is 128 Å². The fourth-order valence-corrected chi connectivity index (χ4v) is 2.04. The first-order chi connectivity index (χ1) is 10.1. The molecule has 0 aliphatic carbocycles. The fraction of sp³-hybridized carbons (Fsp3) is 0.267. The van der Waals surface area contributed by atoms with Crippen molar-refractivity contribution in [2.75, 3.05) is 6.54 Å². The highest BCUT2D eigenvalue weighted by molar-refractivity contribution is 7.80. The normalized spacial score (nSPS) is 10.3. The number of nitrogens with two attached hydrogens (primary N) is 1. The van der Waals surface area contributed by atoms with Gasteiger partial charge in [0.05, 0.1) is 10.6 Å². The van der Waals surface area contributed by atoms with E-state index in [1.807, 2.05) is 12.1 Å². The highest BCUT2D eigenvalue weighted by atomic mass is 32.1. The molecule has 2 heterocycles. The van der Waals surface area contributed by atoms with Crippen LogP contribution in [-0.4, -0.2) is 27.3 Å². The number of carbonyl (C=O) groups is 1. The van der Waals surface area contributed by atoms with Crippen LogP contribution in [-0.2, 0) is 6.54 Å². The van der Waals surface area contributed by atoms with Crippen LogP contribution in [0.3, 0.4) is 0 Å². The van der Waals surface area contributed by atoms with Gasteiger partial charge in [-0.2, -0.15) is 0 Å². The lowest BCUT2D eigenvalue weighted by Crippen LogP contribution is -2.33. The molecule has 2 rings (SSSR count). The molecule has 0 atom stereocenters. The smallest absolute Gasteiger partial charge is 0.257 e. The van der Waals surface area contributed by atoms with Gasteiger partial charge in [-0.25, -0.2) is 0 Å². The zero-order valence-electron chi connectivity index (χ0n) is 11.8. The summed E-state index contributed by atoms with van der Waals surface area (Å²) in [7, 11) is 0. The number of furan rings is 1. The molecule has 6 heteroatoms. The standard InChI is InChI=1S/C15H17N3O2S/c1-11-7-13(10-20-11)15(19)18(6-4-14(16)21)9-12-3-2-5-17-8-12/h2-3,5,7-8,10H,4,6,9H2,1H3,(H2,16,21). The fourth-order valence-electron chi connectivity index (χ4n) is 1.95. The minimum Gasteiger partial charge on any atom is -0.469 e. The number of aromatic nitrogens is 1. The van der Waals surface area contributed by atoms with E-state index in [0.717, 1.165) is 5.56 Å². The third-order valence-electron chi connectivity index (χ3n) is 2.99. The molecule has 0 unspecified atom stereocenters. The number of rotatable bonds is 6. The summed E-state index contributed by atoms with van der Waals surface area (Å²) in [5, 5.41) is 0. The van der Waals surface area contributed by atoms with Gasteiger partial charge in [0.15, 0.2) is 0 Å². The summed E-state index contributed by atoms with van der Waals surface area (Å²) in [6.07, 6.45) is 5.39. The number of amides is 1. The molecule has 5 nitrogen and oxygen atoms in total. The Balaban J connectivity index is 2.14. The Morgan fingerprint density at radius 2 is 2.33 bits per heavy atom. The third kappa shape index (κ3) is 4.39. The molecule has 0 bridgehead atoms. The second-order valence-electron chi connectivity index (χ2n) is 4.75. The molecular weight excluding hydrogens is 286 g/mol. The summed E-state index contributed by atoms with van der Waals surface area (Å²) < 4.78 is 5.20. The van der Waals surface area contributed by atoms with Crippen molar-refractivity contribution in [3.05, 3.63) is 53.7 Å². The first-order valence-electron chi connectivity index (χ1n) is 6.58. The second kappa shape index (κ2) is 6.99. The van der Waals surface area contributed by atoms with Crippen LogP contribution in [0.2, 0.25) is 0 Å². The lowest BCUT2D eigenvalue weighted by molar-refractivity contribution is 0.0747. The number of carbonyl (C=O) groups excluding carboxylic acids is 1. The number of hydrogen-bond donors (Lipinski definition) is 1. The van der Waals surface area contributed by atoms with E-state index in [9.17, 15) is 4.79 Å². The van der Waals surface area contributed by atoms with Crippen LogP contribution in [0.1, 0.15) is 28.1 Å². The lowest BCUT2D eigenvalue weighted by Gasteiger charge is -2.22. The van der Waals surface area contributed by atoms with E-state index in [-0.39, 0.29) is 5.91 Å². The van der Waals surface area contributed by atoms with Gasteiger partial charge in [-0.3, -0.25) is 9.78 Å². The van der Waals surface area contributed by atoms with Crippen molar-refractivity contribution in [1.29, 1.82) is 0 Å². The van der Waals surface area contributed by atoms with Crippen molar-refractivity contribution in [2.24, 2.45) is 5.73 Å². The van der Waals surface area contributed by atoms with Gasteiger partial charge >= 0.3 is 0 Å². The molecule has 2 aromatic heterocycles. The quantitative estimate of drug-likeness (QED) is 0.829. The van der Waals surface area contributed by atoms with E-state index >= 15 is 0 Å². The van der Waals surface area contributed by atoms with Crippen LogP contribution < -0.4 is 5.73 Å². The summed E-state index contributed by atoms with van der Waals surface area (Å²) in [6, 6.07) is 5.49. The summed E-state index contributed by atoms with van der Waals surface area (Å²) in [6.45, 7) is 2.73. The number of thiocarbonyl (C=S) groups is 1. The predicted octanol–water partition coefficient (Wildman–Crippen LogP) is 2.30. The second-order valence-corrected chi connectivity index (χ2v) is 5.27. The van der Waals surface area contributed by atoms with E-state index in [2.05, 4.69) is 4.98 Å². The Kier molecular flexibility index (Phi) is 5.05. The number of aryl methyl sites for hydroxylation is 1. The Morgan fingerprint density at radius 3 is 2.90 bits per heavy atom. The minimum absolute atomic E-state index is 0.105. The molecule has 110 valence electrons. The van der Waals surface area contributed by atoms with Gasteiger partial charge < -0.3 is 15.1 Å². The maximum absolute atomic E-state index is 12.5. The van der Waals surface area contributed by atoms with Crippen LogP contribution in [0.25, 0.3) is 0 Å². The minimum atomic E-state index is -0.105. The molecule has 1 amide bonds. The first-order valence-corrected chi connectivity index (χ1v) is 6.98. The zero-order chi connectivity index (χ0) is 15.2. The topological polar surface area (TPSA) is 72.4 Å². The van der Waals surface area contributed by atoms with Crippen molar-refractivity contribution in [1.82, 2.24) is 9.88 Å². The van der Waals surface area contributed by atoms with Crippen molar-refractivity contribution < 1.29 is 9.21 Å². The highest BCUT2D eigenvalue weighted by Crippen LogP contribution is 2.13. The van der Waals surface area contributed by atoms with Gasteiger partial charge in [0, 0.05) is 31.9 Å².